The maximum absolute atomic E-state index is 6.20. The van der Waals surface area contributed by atoms with Gasteiger partial charge in [-0.3, -0.25) is 4.90 Å². The third-order valence-electron chi connectivity index (χ3n) is 6.69. The summed E-state index contributed by atoms with van der Waals surface area (Å²) in [5.41, 5.74) is 2.67. The molecule has 6 heteroatoms. The molecular formula is C26H44N4O2. The Hall–Kier alpha value is -1.63. The molecule has 0 spiro atoms. The fourth-order valence-corrected chi connectivity index (χ4v) is 4.32. The van der Waals surface area contributed by atoms with E-state index in [2.05, 4.69) is 67.2 Å². The van der Waals surface area contributed by atoms with E-state index in [-0.39, 0.29) is 0 Å². The number of likely N-dealkylation sites (tertiary alicyclic amines) is 1. The molecule has 6 nitrogen and oxygen atoms in total. The molecule has 1 N–H and O–H groups in total. The van der Waals surface area contributed by atoms with Crippen LogP contribution in [0.4, 0.5) is 0 Å². The van der Waals surface area contributed by atoms with Crippen LogP contribution in [0.2, 0.25) is 0 Å². The monoisotopic (exact) mass is 444 g/mol. The Labute approximate surface area is 195 Å². The van der Waals surface area contributed by atoms with Crippen LogP contribution in [0.3, 0.4) is 0 Å². The molecule has 2 heterocycles. The lowest BCUT2D eigenvalue weighted by molar-refractivity contribution is -0.0721. The van der Waals surface area contributed by atoms with Crippen LogP contribution in [0.15, 0.2) is 29.3 Å². The molecule has 2 aliphatic rings. The van der Waals surface area contributed by atoms with E-state index in [9.17, 15) is 0 Å². The van der Waals surface area contributed by atoms with Crippen LogP contribution in [0, 0.1) is 0 Å². The largest absolute Gasteiger partial charge is 0.376 e. The van der Waals surface area contributed by atoms with Crippen LogP contribution in [0.1, 0.15) is 64.0 Å². The number of nitrogens with one attached hydrogen (secondary N) is 1. The Bertz CT molecular complexity index is 695. The minimum Gasteiger partial charge on any atom is -0.376 e. The van der Waals surface area contributed by atoms with Crippen LogP contribution in [0.25, 0.3) is 0 Å². The maximum atomic E-state index is 6.20. The Kier molecular flexibility index (Phi) is 10.3. The Morgan fingerprint density at radius 1 is 1.19 bits per heavy atom. The standard InChI is InChI=1S/C26H44N4O2/c1-5-27-26(28-18-22-10-6-7-11-23(22)19-29(4)21(2)3)30-15-13-24(14-16-30)32-20-25-12-8-9-17-31-25/h6-7,10-11,21,24-25H,5,8-9,12-20H2,1-4H3,(H,27,28). The number of piperidine rings is 1. The second-order valence-electron chi connectivity index (χ2n) is 9.46. The number of benzene rings is 1. The number of guanidine groups is 1. The van der Waals surface area contributed by atoms with Crippen LogP contribution in [-0.4, -0.2) is 73.9 Å². The molecule has 0 radical (unpaired) electrons. The van der Waals surface area contributed by atoms with Gasteiger partial charge in [-0.25, -0.2) is 4.99 Å². The topological polar surface area (TPSA) is 49.3 Å². The molecule has 180 valence electrons. The molecule has 3 rings (SSSR count). The van der Waals surface area contributed by atoms with Crippen molar-refractivity contribution in [2.45, 2.75) is 84.2 Å². The number of aliphatic imine (C=N–C) groups is 1. The summed E-state index contributed by atoms with van der Waals surface area (Å²) in [4.78, 5) is 9.78. The van der Waals surface area contributed by atoms with Crippen molar-refractivity contribution in [3.63, 3.8) is 0 Å². The predicted molar refractivity (Wildman–Crippen MR) is 132 cm³/mol. The van der Waals surface area contributed by atoms with Crippen molar-refractivity contribution in [1.29, 1.82) is 0 Å². The summed E-state index contributed by atoms with van der Waals surface area (Å²) in [6.45, 7) is 12.8. The Balaban J connectivity index is 1.53. The summed E-state index contributed by atoms with van der Waals surface area (Å²) >= 11 is 0. The molecule has 1 aromatic carbocycles. The van der Waals surface area contributed by atoms with Crippen LogP contribution in [-0.2, 0) is 22.6 Å². The fraction of sp³-hybridized carbons (Fsp3) is 0.731. The molecule has 0 aliphatic carbocycles. The smallest absolute Gasteiger partial charge is 0.194 e. The highest BCUT2D eigenvalue weighted by Gasteiger charge is 2.24. The normalized spacial score (nSPS) is 20.9. The zero-order valence-electron chi connectivity index (χ0n) is 20.7. The van der Waals surface area contributed by atoms with Gasteiger partial charge in [-0.2, -0.15) is 0 Å². The van der Waals surface area contributed by atoms with Gasteiger partial charge >= 0.3 is 0 Å². The number of rotatable bonds is 9. The predicted octanol–water partition coefficient (Wildman–Crippen LogP) is 4.04. The summed E-state index contributed by atoms with van der Waals surface area (Å²) in [6, 6.07) is 9.22. The molecule has 1 aromatic rings. The number of hydrogen-bond donors (Lipinski definition) is 1. The van der Waals surface area contributed by atoms with Crippen molar-refractivity contribution in [2.24, 2.45) is 4.99 Å². The van der Waals surface area contributed by atoms with Gasteiger partial charge in [-0.1, -0.05) is 24.3 Å². The second kappa shape index (κ2) is 13.2. The molecule has 1 unspecified atom stereocenters. The van der Waals surface area contributed by atoms with Crippen molar-refractivity contribution in [2.75, 3.05) is 39.9 Å². The molecule has 2 fully saturated rings. The molecule has 0 amide bonds. The van der Waals surface area contributed by atoms with Crippen molar-refractivity contribution in [3.05, 3.63) is 35.4 Å². The molecule has 0 aromatic heterocycles. The summed E-state index contributed by atoms with van der Waals surface area (Å²) in [6.07, 6.45) is 6.35. The average Bonchev–Trinajstić information content (AvgIpc) is 2.82. The Morgan fingerprint density at radius 2 is 1.94 bits per heavy atom. The highest BCUT2D eigenvalue weighted by atomic mass is 16.5. The first-order valence-corrected chi connectivity index (χ1v) is 12.6. The van der Waals surface area contributed by atoms with Crippen molar-refractivity contribution in [3.8, 4) is 0 Å². The van der Waals surface area contributed by atoms with E-state index in [1.165, 1.54) is 24.0 Å². The minimum atomic E-state index is 0.301. The van der Waals surface area contributed by atoms with Gasteiger partial charge in [-0.15, -0.1) is 0 Å². The molecule has 0 bridgehead atoms. The van der Waals surface area contributed by atoms with Gasteiger partial charge in [0.1, 0.15) is 0 Å². The maximum Gasteiger partial charge on any atom is 0.194 e. The molecule has 2 saturated heterocycles. The van der Waals surface area contributed by atoms with Crippen LogP contribution < -0.4 is 5.32 Å². The number of nitrogens with zero attached hydrogens (tertiary/aromatic N) is 3. The molecular weight excluding hydrogens is 400 g/mol. The first kappa shape index (κ1) is 25.0. The first-order chi connectivity index (χ1) is 15.6. The van der Waals surface area contributed by atoms with Gasteiger partial charge in [0.15, 0.2) is 5.96 Å². The molecule has 2 aliphatic heterocycles. The minimum absolute atomic E-state index is 0.301. The lowest BCUT2D eigenvalue weighted by Gasteiger charge is -2.35. The van der Waals surface area contributed by atoms with Gasteiger partial charge in [0.05, 0.1) is 25.4 Å². The number of ether oxygens (including phenoxy) is 2. The summed E-state index contributed by atoms with van der Waals surface area (Å²) in [5.74, 6) is 1.02. The van der Waals surface area contributed by atoms with E-state index in [0.29, 0.717) is 24.8 Å². The van der Waals surface area contributed by atoms with E-state index in [1.54, 1.807) is 0 Å². The van der Waals surface area contributed by atoms with Gasteiger partial charge in [0, 0.05) is 38.8 Å². The van der Waals surface area contributed by atoms with Gasteiger partial charge in [0.2, 0.25) is 0 Å². The zero-order valence-corrected chi connectivity index (χ0v) is 20.7. The zero-order chi connectivity index (χ0) is 22.8. The van der Waals surface area contributed by atoms with Crippen molar-refractivity contribution >= 4 is 5.96 Å². The van der Waals surface area contributed by atoms with E-state index in [4.69, 9.17) is 14.5 Å². The summed E-state index contributed by atoms with van der Waals surface area (Å²) < 4.78 is 12.0. The highest BCUT2D eigenvalue weighted by Crippen LogP contribution is 2.19. The van der Waals surface area contributed by atoms with E-state index in [0.717, 1.165) is 64.6 Å². The molecule has 32 heavy (non-hydrogen) atoms. The third-order valence-corrected chi connectivity index (χ3v) is 6.69. The van der Waals surface area contributed by atoms with Gasteiger partial charge in [0.25, 0.3) is 0 Å². The average molecular weight is 445 g/mol. The highest BCUT2D eigenvalue weighted by molar-refractivity contribution is 5.80. The fourth-order valence-electron chi connectivity index (χ4n) is 4.32. The van der Waals surface area contributed by atoms with Crippen LogP contribution in [0.5, 0.6) is 0 Å². The molecule has 1 atom stereocenters. The second-order valence-corrected chi connectivity index (χ2v) is 9.46. The van der Waals surface area contributed by atoms with Gasteiger partial charge < -0.3 is 19.7 Å². The summed E-state index contributed by atoms with van der Waals surface area (Å²) in [5, 5.41) is 3.50. The number of hydrogen-bond acceptors (Lipinski definition) is 4. The Morgan fingerprint density at radius 3 is 2.59 bits per heavy atom. The SMILES string of the molecule is CCNC(=NCc1ccccc1CN(C)C(C)C)N1CCC(OCC2CCCCO2)CC1. The van der Waals surface area contributed by atoms with Crippen molar-refractivity contribution < 1.29 is 9.47 Å². The van der Waals surface area contributed by atoms with E-state index >= 15 is 0 Å². The van der Waals surface area contributed by atoms with Gasteiger partial charge in [-0.05, 0) is 71.0 Å². The van der Waals surface area contributed by atoms with E-state index < -0.39 is 0 Å². The van der Waals surface area contributed by atoms with Crippen LogP contribution >= 0.6 is 0 Å². The summed E-state index contributed by atoms with van der Waals surface area (Å²) in [7, 11) is 2.18. The quantitative estimate of drug-likeness (QED) is 0.460. The first-order valence-electron chi connectivity index (χ1n) is 12.6. The lowest BCUT2D eigenvalue weighted by Crippen LogP contribution is -2.47. The molecule has 0 saturated carbocycles. The van der Waals surface area contributed by atoms with Crippen molar-refractivity contribution in [1.82, 2.24) is 15.1 Å². The third kappa shape index (κ3) is 7.75. The van der Waals surface area contributed by atoms with E-state index in [1.807, 2.05) is 0 Å². The lowest BCUT2D eigenvalue weighted by atomic mass is 10.1.